The van der Waals surface area contributed by atoms with E-state index in [0.29, 0.717) is 12.6 Å². The Labute approximate surface area is 63.7 Å². The fourth-order valence-electron chi connectivity index (χ4n) is 0.937. The van der Waals surface area contributed by atoms with Gasteiger partial charge in [-0.25, -0.2) is 0 Å². The molecule has 0 radical (unpaired) electrons. The molecule has 0 rings (SSSR count). The van der Waals surface area contributed by atoms with Gasteiger partial charge >= 0.3 is 0 Å². The fraction of sp³-hybridized carbons (Fsp3) is 1.00. The summed E-state index contributed by atoms with van der Waals surface area (Å²) in [6.07, 6.45) is 3.86. The molecule has 2 N–H and O–H groups in total. The van der Waals surface area contributed by atoms with Crippen LogP contribution in [0.25, 0.3) is 0 Å². The van der Waals surface area contributed by atoms with E-state index in [2.05, 4.69) is 6.92 Å². The molecule has 0 aliphatic carbocycles. The molecule has 0 aliphatic rings. The quantitative estimate of drug-likeness (QED) is 0.615. The van der Waals surface area contributed by atoms with E-state index in [1.807, 2.05) is 6.92 Å². The smallest absolute Gasteiger partial charge is 0.0697 e. The van der Waals surface area contributed by atoms with E-state index >= 15 is 0 Å². The maximum atomic E-state index is 5.47. The van der Waals surface area contributed by atoms with Crippen molar-refractivity contribution >= 4 is 0 Å². The number of hydrogen-bond donors (Lipinski definition) is 1. The summed E-state index contributed by atoms with van der Waals surface area (Å²) < 4.78 is 5.37. The molecule has 0 heterocycles. The predicted octanol–water partition coefficient (Wildman–Crippen LogP) is 1.54. The van der Waals surface area contributed by atoms with Gasteiger partial charge < -0.3 is 10.5 Å². The summed E-state index contributed by atoms with van der Waals surface area (Å²) in [6.45, 7) is 5.63. The molecular formula is C8H19NO. The Morgan fingerprint density at radius 3 is 2.50 bits per heavy atom. The highest BCUT2D eigenvalue weighted by Gasteiger charge is 2.03. The Balaban J connectivity index is 3.21. The lowest BCUT2D eigenvalue weighted by Crippen LogP contribution is -2.23. The summed E-state index contributed by atoms with van der Waals surface area (Å²) in [5.41, 5.74) is 5.47. The lowest BCUT2D eigenvalue weighted by atomic mass is 10.1. The molecule has 0 aromatic rings. The first kappa shape index (κ1) is 9.92. The molecular weight excluding hydrogens is 126 g/mol. The zero-order valence-electron chi connectivity index (χ0n) is 7.10. The van der Waals surface area contributed by atoms with Crippen molar-refractivity contribution in [2.45, 2.75) is 39.2 Å². The van der Waals surface area contributed by atoms with Crippen LogP contribution in [0.5, 0.6) is 0 Å². The first-order valence-corrected chi connectivity index (χ1v) is 4.16. The molecule has 0 aliphatic heterocycles. The molecule has 0 spiro atoms. The second-order valence-corrected chi connectivity index (χ2v) is 2.46. The molecule has 1 atom stereocenters. The van der Waals surface area contributed by atoms with Crippen molar-refractivity contribution < 1.29 is 4.74 Å². The van der Waals surface area contributed by atoms with Gasteiger partial charge in [0.1, 0.15) is 0 Å². The van der Waals surface area contributed by atoms with Crippen LogP contribution in [0.3, 0.4) is 0 Å². The Morgan fingerprint density at radius 2 is 2.10 bits per heavy atom. The van der Waals surface area contributed by atoms with Gasteiger partial charge in [0.2, 0.25) is 0 Å². The van der Waals surface area contributed by atoms with Crippen LogP contribution in [0.4, 0.5) is 0 Å². The van der Waals surface area contributed by atoms with Crippen molar-refractivity contribution in [2.24, 2.45) is 5.73 Å². The van der Waals surface area contributed by atoms with E-state index in [-0.39, 0.29) is 0 Å². The number of nitrogens with two attached hydrogens (primary N) is 1. The summed E-state index contributed by atoms with van der Waals surface area (Å²) in [6, 6.07) is 0. The Hall–Kier alpha value is -0.0800. The summed E-state index contributed by atoms with van der Waals surface area (Å²) >= 11 is 0. The van der Waals surface area contributed by atoms with E-state index in [0.717, 1.165) is 13.0 Å². The van der Waals surface area contributed by atoms with Crippen molar-refractivity contribution in [3.63, 3.8) is 0 Å². The first-order chi connectivity index (χ1) is 4.85. The van der Waals surface area contributed by atoms with E-state index in [1.165, 1.54) is 12.8 Å². The minimum atomic E-state index is 0.296. The minimum Gasteiger partial charge on any atom is -0.377 e. The summed E-state index contributed by atoms with van der Waals surface area (Å²) in [5.74, 6) is 0. The normalized spacial score (nSPS) is 13.5. The second-order valence-electron chi connectivity index (χ2n) is 2.46. The third-order valence-corrected chi connectivity index (χ3v) is 1.54. The topological polar surface area (TPSA) is 35.2 Å². The van der Waals surface area contributed by atoms with Crippen LogP contribution in [-0.2, 0) is 4.74 Å². The van der Waals surface area contributed by atoms with Crippen molar-refractivity contribution in [2.75, 3.05) is 13.2 Å². The van der Waals surface area contributed by atoms with Crippen LogP contribution in [0, 0.1) is 0 Å². The van der Waals surface area contributed by atoms with Gasteiger partial charge in [0.15, 0.2) is 0 Å². The van der Waals surface area contributed by atoms with Crippen LogP contribution >= 0.6 is 0 Å². The maximum absolute atomic E-state index is 5.47. The average Bonchev–Trinajstić information content (AvgIpc) is 1.98. The van der Waals surface area contributed by atoms with Crippen LogP contribution in [0.15, 0.2) is 0 Å². The van der Waals surface area contributed by atoms with E-state index in [1.54, 1.807) is 0 Å². The lowest BCUT2D eigenvalue weighted by molar-refractivity contribution is 0.0615. The van der Waals surface area contributed by atoms with Crippen molar-refractivity contribution in [3.05, 3.63) is 0 Å². The zero-order chi connectivity index (χ0) is 7.82. The van der Waals surface area contributed by atoms with Crippen LogP contribution < -0.4 is 5.73 Å². The molecule has 0 saturated heterocycles. The molecule has 0 amide bonds. The Kier molecular flexibility index (Phi) is 6.98. The highest BCUT2D eigenvalue weighted by Crippen LogP contribution is 2.02. The van der Waals surface area contributed by atoms with Crippen LogP contribution in [0.1, 0.15) is 33.1 Å². The number of rotatable bonds is 6. The minimum absolute atomic E-state index is 0.296. The molecule has 2 nitrogen and oxygen atoms in total. The average molecular weight is 145 g/mol. The van der Waals surface area contributed by atoms with E-state index in [9.17, 15) is 0 Å². The third kappa shape index (κ3) is 4.77. The van der Waals surface area contributed by atoms with E-state index in [4.69, 9.17) is 10.5 Å². The second kappa shape index (κ2) is 7.03. The molecule has 0 bridgehead atoms. The maximum Gasteiger partial charge on any atom is 0.0697 e. The van der Waals surface area contributed by atoms with Gasteiger partial charge in [-0.15, -0.1) is 0 Å². The molecule has 2 heteroatoms. The van der Waals surface area contributed by atoms with Gasteiger partial charge in [0.25, 0.3) is 0 Å². The SMILES string of the molecule is CCCCC(CN)OCC. The molecule has 62 valence electrons. The van der Waals surface area contributed by atoms with Crippen LogP contribution in [-0.4, -0.2) is 19.3 Å². The van der Waals surface area contributed by atoms with Gasteiger partial charge in [-0.2, -0.15) is 0 Å². The highest BCUT2D eigenvalue weighted by molar-refractivity contribution is 4.57. The zero-order valence-corrected chi connectivity index (χ0v) is 7.10. The first-order valence-electron chi connectivity index (χ1n) is 4.16. The Bertz CT molecular complexity index is 66.3. The lowest BCUT2D eigenvalue weighted by Gasteiger charge is -2.13. The molecule has 1 unspecified atom stereocenters. The molecule has 10 heavy (non-hydrogen) atoms. The summed E-state index contributed by atoms with van der Waals surface area (Å²) in [7, 11) is 0. The molecule has 0 aromatic heterocycles. The third-order valence-electron chi connectivity index (χ3n) is 1.54. The van der Waals surface area contributed by atoms with Crippen molar-refractivity contribution in [3.8, 4) is 0 Å². The number of unbranched alkanes of at least 4 members (excludes halogenated alkanes) is 1. The largest absolute Gasteiger partial charge is 0.377 e. The van der Waals surface area contributed by atoms with Gasteiger partial charge in [0, 0.05) is 13.2 Å². The number of ether oxygens (including phenoxy) is 1. The molecule has 0 aromatic carbocycles. The van der Waals surface area contributed by atoms with Gasteiger partial charge in [-0.1, -0.05) is 19.8 Å². The predicted molar refractivity (Wildman–Crippen MR) is 44.0 cm³/mol. The standard InChI is InChI=1S/C8H19NO/c1-3-5-6-8(7-9)10-4-2/h8H,3-7,9H2,1-2H3. The van der Waals surface area contributed by atoms with Gasteiger partial charge in [-0.3, -0.25) is 0 Å². The van der Waals surface area contributed by atoms with Crippen molar-refractivity contribution in [1.29, 1.82) is 0 Å². The van der Waals surface area contributed by atoms with E-state index < -0.39 is 0 Å². The summed E-state index contributed by atoms with van der Waals surface area (Å²) in [4.78, 5) is 0. The molecule has 0 fully saturated rings. The van der Waals surface area contributed by atoms with Crippen molar-refractivity contribution in [1.82, 2.24) is 0 Å². The monoisotopic (exact) mass is 145 g/mol. The van der Waals surface area contributed by atoms with Gasteiger partial charge in [-0.05, 0) is 13.3 Å². The molecule has 0 saturated carbocycles. The number of hydrogen-bond acceptors (Lipinski definition) is 2. The Morgan fingerprint density at radius 1 is 1.40 bits per heavy atom. The fourth-order valence-corrected chi connectivity index (χ4v) is 0.937. The van der Waals surface area contributed by atoms with Crippen LogP contribution in [0.2, 0.25) is 0 Å². The highest BCUT2D eigenvalue weighted by atomic mass is 16.5. The van der Waals surface area contributed by atoms with Gasteiger partial charge in [0.05, 0.1) is 6.10 Å². The summed E-state index contributed by atoms with van der Waals surface area (Å²) in [5, 5.41) is 0.